The molecule has 5 nitrogen and oxygen atoms in total. The van der Waals surface area contributed by atoms with Crippen LogP contribution in [0.2, 0.25) is 0 Å². The Morgan fingerprint density at radius 3 is 2.36 bits per heavy atom. The van der Waals surface area contributed by atoms with Gasteiger partial charge in [-0.05, 0) is 38.5 Å². The molecular formula is C22H23N3O2S. The fraction of sp³-hybridized carbons (Fsp3) is 0.227. The molecule has 0 saturated carbocycles. The number of thiazole rings is 1. The summed E-state index contributed by atoms with van der Waals surface area (Å²) in [6.07, 6.45) is 1.91. The molecule has 0 spiro atoms. The third kappa shape index (κ3) is 5.27. The maximum atomic E-state index is 12.3. The predicted octanol–water partition coefficient (Wildman–Crippen LogP) is 3.38. The van der Waals surface area contributed by atoms with E-state index in [2.05, 4.69) is 34.6 Å². The largest absolute Gasteiger partial charge is 0.343 e. The molecule has 0 aliphatic heterocycles. The normalized spacial score (nSPS) is 11.5. The fourth-order valence-electron chi connectivity index (χ4n) is 2.91. The summed E-state index contributed by atoms with van der Waals surface area (Å²) in [6.45, 7) is 6.44. The summed E-state index contributed by atoms with van der Waals surface area (Å²) in [7, 11) is 0. The van der Waals surface area contributed by atoms with Crippen molar-refractivity contribution in [2.45, 2.75) is 27.3 Å². The molecule has 0 aliphatic carbocycles. The lowest BCUT2D eigenvalue weighted by atomic mass is 10.1. The highest BCUT2D eigenvalue weighted by Gasteiger charge is 2.09. The van der Waals surface area contributed by atoms with Gasteiger partial charge in [0, 0.05) is 23.7 Å². The van der Waals surface area contributed by atoms with Crippen LogP contribution in [0.3, 0.4) is 0 Å². The van der Waals surface area contributed by atoms with Crippen LogP contribution >= 0.6 is 11.3 Å². The maximum absolute atomic E-state index is 12.3. The molecule has 1 N–H and O–H groups in total. The van der Waals surface area contributed by atoms with Gasteiger partial charge in [0.1, 0.15) is 0 Å². The van der Waals surface area contributed by atoms with Crippen LogP contribution in [0.5, 0.6) is 0 Å². The fourth-order valence-corrected chi connectivity index (χ4v) is 3.65. The topological polar surface area (TPSA) is 63.5 Å². The average molecular weight is 394 g/mol. The Morgan fingerprint density at radius 1 is 1.00 bits per heavy atom. The van der Waals surface area contributed by atoms with Gasteiger partial charge in [-0.15, -0.1) is 11.3 Å². The van der Waals surface area contributed by atoms with Crippen molar-refractivity contribution in [1.82, 2.24) is 9.88 Å². The molecule has 0 atom stereocenters. The lowest BCUT2D eigenvalue weighted by molar-refractivity contribution is -0.117. The van der Waals surface area contributed by atoms with Gasteiger partial charge in [-0.2, -0.15) is 4.99 Å². The number of benzene rings is 2. The number of aromatic nitrogens is 1. The summed E-state index contributed by atoms with van der Waals surface area (Å²) >= 11 is 1.40. The van der Waals surface area contributed by atoms with Crippen molar-refractivity contribution >= 4 is 23.2 Å². The van der Waals surface area contributed by atoms with E-state index in [1.165, 1.54) is 16.9 Å². The Bertz CT molecular complexity index is 1040. The van der Waals surface area contributed by atoms with E-state index in [-0.39, 0.29) is 18.4 Å². The first-order chi connectivity index (χ1) is 13.4. The highest BCUT2D eigenvalue weighted by Crippen LogP contribution is 2.08. The number of rotatable bonds is 5. The Morgan fingerprint density at radius 2 is 1.68 bits per heavy atom. The second-order valence-electron chi connectivity index (χ2n) is 6.86. The van der Waals surface area contributed by atoms with Crippen LogP contribution in [0, 0.1) is 20.8 Å². The third-order valence-corrected chi connectivity index (χ3v) is 5.03. The van der Waals surface area contributed by atoms with Crippen molar-refractivity contribution in [3.05, 3.63) is 86.7 Å². The summed E-state index contributed by atoms with van der Waals surface area (Å²) < 4.78 is 1.93. The second kappa shape index (κ2) is 8.80. The summed E-state index contributed by atoms with van der Waals surface area (Å²) in [4.78, 5) is 29.3. The van der Waals surface area contributed by atoms with E-state index in [9.17, 15) is 9.59 Å². The van der Waals surface area contributed by atoms with E-state index >= 15 is 0 Å². The SMILES string of the molecule is Cc1ccc(Cn2ccsc2=NC(=O)CNC(=O)c2cc(C)cc(C)c2)cc1. The summed E-state index contributed by atoms with van der Waals surface area (Å²) in [5, 5.41) is 4.55. The predicted molar refractivity (Wildman–Crippen MR) is 111 cm³/mol. The molecule has 0 aliphatic rings. The lowest BCUT2D eigenvalue weighted by Crippen LogP contribution is -2.30. The quantitative estimate of drug-likeness (QED) is 0.722. The zero-order chi connectivity index (χ0) is 20.1. The average Bonchev–Trinajstić information content (AvgIpc) is 3.07. The number of nitrogens with zero attached hydrogens (tertiary/aromatic N) is 2. The number of carbonyl (C=O) groups excluding carboxylic acids is 2. The number of nitrogens with one attached hydrogen (secondary N) is 1. The molecule has 0 unspecified atom stereocenters. The summed E-state index contributed by atoms with van der Waals surface area (Å²) in [5.74, 6) is -0.646. The molecule has 3 rings (SSSR count). The molecule has 28 heavy (non-hydrogen) atoms. The van der Waals surface area contributed by atoms with Crippen LogP contribution in [0.1, 0.15) is 32.6 Å². The molecule has 0 radical (unpaired) electrons. The Kier molecular flexibility index (Phi) is 6.21. The van der Waals surface area contributed by atoms with Crippen molar-refractivity contribution in [3.8, 4) is 0 Å². The van der Waals surface area contributed by atoms with Crippen LogP contribution in [-0.2, 0) is 11.3 Å². The monoisotopic (exact) mass is 393 g/mol. The van der Waals surface area contributed by atoms with E-state index < -0.39 is 0 Å². The van der Waals surface area contributed by atoms with Crippen LogP contribution < -0.4 is 10.1 Å². The van der Waals surface area contributed by atoms with E-state index in [0.29, 0.717) is 16.9 Å². The van der Waals surface area contributed by atoms with Crippen LogP contribution in [-0.4, -0.2) is 22.9 Å². The van der Waals surface area contributed by atoms with Crippen LogP contribution in [0.15, 0.2) is 59.0 Å². The highest BCUT2D eigenvalue weighted by molar-refractivity contribution is 7.07. The van der Waals surface area contributed by atoms with Gasteiger partial charge in [-0.25, -0.2) is 0 Å². The zero-order valence-electron chi connectivity index (χ0n) is 16.2. The highest BCUT2D eigenvalue weighted by atomic mass is 32.1. The summed E-state index contributed by atoms with van der Waals surface area (Å²) in [6, 6.07) is 13.9. The smallest absolute Gasteiger partial charge is 0.267 e. The number of aryl methyl sites for hydroxylation is 3. The van der Waals surface area contributed by atoms with Crippen molar-refractivity contribution < 1.29 is 9.59 Å². The molecular weight excluding hydrogens is 370 g/mol. The molecule has 1 aromatic heterocycles. The van der Waals surface area contributed by atoms with Gasteiger partial charge in [0.15, 0.2) is 4.80 Å². The Hall–Kier alpha value is -2.99. The molecule has 2 amide bonds. The van der Waals surface area contributed by atoms with Gasteiger partial charge >= 0.3 is 0 Å². The van der Waals surface area contributed by atoms with Crippen LogP contribution in [0.25, 0.3) is 0 Å². The van der Waals surface area contributed by atoms with Gasteiger partial charge in [-0.1, -0.05) is 47.0 Å². The molecule has 144 valence electrons. The minimum absolute atomic E-state index is 0.131. The Balaban J connectivity index is 1.65. The molecule has 2 aromatic carbocycles. The van der Waals surface area contributed by atoms with E-state index in [0.717, 1.165) is 16.7 Å². The Labute approximate surface area is 168 Å². The van der Waals surface area contributed by atoms with Crippen molar-refractivity contribution in [2.24, 2.45) is 4.99 Å². The molecule has 3 aromatic rings. The third-order valence-electron chi connectivity index (χ3n) is 4.24. The molecule has 1 heterocycles. The van der Waals surface area contributed by atoms with Crippen molar-refractivity contribution in [1.29, 1.82) is 0 Å². The number of hydrogen-bond donors (Lipinski definition) is 1. The van der Waals surface area contributed by atoms with Crippen molar-refractivity contribution in [3.63, 3.8) is 0 Å². The first kappa shape index (κ1) is 19.8. The maximum Gasteiger partial charge on any atom is 0.267 e. The van der Waals surface area contributed by atoms with E-state index in [1.807, 2.05) is 43.0 Å². The van der Waals surface area contributed by atoms with Crippen molar-refractivity contribution in [2.75, 3.05) is 6.54 Å². The van der Waals surface area contributed by atoms with Gasteiger partial charge in [0.05, 0.1) is 6.54 Å². The second-order valence-corrected chi connectivity index (χ2v) is 7.74. The number of amides is 2. The van der Waals surface area contributed by atoms with Gasteiger partial charge in [-0.3, -0.25) is 9.59 Å². The number of carbonyl (C=O) groups is 2. The van der Waals surface area contributed by atoms with Gasteiger partial charge in [0.2, 0.25) is 0 Å². The minimum atomic E-state index is -0.377. The van der Waals surface area contributed by atoms with Gasteiger partial charge in [0.25, 0.3) is 11.8 Å². The molecule has 0 bridgehead atoms. The first-order valence-electron chi connectivity index (χ1n) is 9.04. The minimum Gasteiger partial charge on any atom is -0.343 e. The summed E-state index contributed by atoms with van der Waals surface area (Å²) in [5.41, 5.74) is 4.92. The van der Waals surface area contributed by atoms with Gasteiger partial charge < -0.3 is 9.88 Å². The molecule has 6 heteroatoms. The van der Waals surface area contributed by atoms with E-state index in [1.54, 1.807) is 12.1 Å². The molecule has 0 saturated heterocycles. The lowest BCUT2D eigenvalue weighted by Gasteiger charge is -2.06. The molecule has 0 fully saturated rings. The first-order valence-corrected chi connectivity index (χ1v) is 9.92. The van der Waals surface area contributed by atoms with Crippen LogP contribution in [0.4, 0.5) is 0 Å². The zero-order valence-corrected chi connectivity index (χ0v) is 17.0. The van der Waals surface area contributed by atoms with E-state index in [4.69, 9.17) is 0 Å². The number of hydrogen-bond acceptors (Lipinski definition) is 3. The standard InChI is InChI=1S/C22H23N3O2S/c1-15-4-6-18(7-5-15)14-25-8-9-28-22(25)24-20(26)13-23-21(27)19-11-16(2)10-17(3)12-19/h4-12H,13-14H2,1-3H3,(H,23,27).